The van der Waals surface area contributed by atoms with Crippen LogP contribution in [0.25, 0.3) is 0 Å². The predicted molar refractivity (Wildman–Crippen MR) is 85.4 cm³/mol. The fourth-order valence-electron chi connectivity index (χ4n) is 3.06. The van der Waals surface area contributed by atoms with Gasteiger partial charge in [0.1, 0.15) is 5.76 Å². The van der Waals surface area contributed by atoms with E-state index in [0.29, 0.717) is 25.4 Å². The maximum atomic E-state index is 12.6. The summed E-state index contributed by atoms with van der Waals surface area (Å²) in [5, 5.41) is 4.41. The van der Waals surface area contributed by atoms with Crippen LogP contribution in [0.15, 0.2) is 22.6 Å². The number of amides is 1. The van der Waals surface area contributed by atoms with Crippen LogP contribution < -0.4 is 0 Å². The van der Waals surface area contributed by atoms with E-state index in [4.69, 9.17) is 9.15 Å². The van der Waals surface area contributed by atoms with E-state index in [1.807, 2.05) is 44.5 Å². The van der Waals surface area contributed by atoms with Gasteiger partial charge in [-0.3, -0.25) is 9.48 Å². The van der Waals surface area contributed by atoms with Crippen LogP contribution in [0, 0.1) is 13.8 Å². The molecule has 1 amide bonds. The number of nitrogens with zero attached hydrogens (tertiary/aromatic N) is 3. The molecule has 1 saturated heterocycles. The van der Waals surface area contributed by atoms with Crippen molar-refractivity contribution in [2.75, 3.05) is 13.1 Å². The number of rotatable bonds is 3. The van der Waals surface area contributed by atoms with E-state index in [1.165, 1.54) is 0 Å². The molecule has 0 spiro atoms. The maximum absolute atomic E-state index is 12.6. The van der Waals surface area contributed by atoms with Gasteiger partial charge in [0.05, 0.1) is 24.4 Å². The van der Waals surface area contributed by atoms with Crippen molar-refractivity contribution < 1.29 is 13.9 Å². The third kappa shape index (κ3) is 3.47. The lowest BCUT2D eigenvalue weighted by Crippen LogP contribution is -2.48. The zero-order valence-electron chi connectivity index (χ0n) is 14.1. The van der Waals surface area contributed by atoms with Gasteiger partial charge in [-0.2, -0.15) is 5.10 Å². The van der Waals surface area contributed by atoms with E-state index in [2.05, 4.69) is 5.10 Å². The van der Waals surface area contributed by atoms with E-state index in [0.717, 1.165) is 17.1 Å². The summed E-state index contributed by atoms with van der Waals surface area (Å²) in [5.74, 6) is 1.03. The molecule has 3 heterocycles. The Labute approximate surface area is 136 Å². The Bertz CT molecular complexity index is 694. The molecule has 124 valence electrons. The molecule has 0 bridgehead atoms. The Morgan fingerprint density at radius 2 is 1.96 bits per heavy atom. The van der Waals surface area contributed by atoms with Crippen LogP contribution in [-0.4, -0.2) is 45.9 Å². The van der Waals surface area contributed by atoms with Crippen molar-refractivity contribution in [1.29, 1.82) is 0 Å². The SMILES string of the molecule is Cc1cc(C)n(Cc2ccc(C(=O)N3C[C@H](C)O[C@@H](C)C3)o2)n1. The van der Waals surface area contributed by atoms with Gasteiger partial charge in [-0.05, 0) is 45.9 Å². The summed E-state index contributed by atoms with van der Waals surface area (Å²) in [7, 11) is 0. The van der Waals surface area contributed by atoms with Crippen LogP contribution in [0.4, 0.5) is 0 Å². The minimum Gasteiger partial charge on any atom is -0.454 e. The Hall–Kier alpha value is -2.08. The standard InChI is InChI=1S/C17H23N3O3/c1-11-7-12(2)20(18-11)10-15-5-6-16(23-15)17(21)19-8-13(3)22-14(4)9-19/h5-7,13-14H,8-10H2,1-4H3/t13-,14-/m0/s1. The zero-order chi connectivity index (χ0) is 16.6. The summed E-state index contributed by atoms with van der Waals surface area (Å²) in [6, 6.07) is 5.61. The maximum Gasteiger partial charge on any atom is 0.289 e. The van der Waals surface area contributed by atoms with E-state index >= 15 is 0 Å². The Balaban J connectivity index is 1.71. The number of carbonyl (C=O) groups excluding carboxylic acids is 1. The third-order valence-corrected chi connectivity index (χ3v) is 3.99. The average molecular weight is 317 g/mol. The second kappa shape index (κ2) is 6.20. The van der Waals surface area contributed by atoms with Gasteiger partial charge in [0.25, 0.3) is 5.91 Å². The summed E-state index contributed by atoms with van der Waals surface area (Å²) >= 11 is 0. The second-order valence-corrected chi connectivity index (χ2v) is 6.32. The molecular formula is C17H23N3O3. The van der Waals surface area contributed by atoms with Crippen LogP contribution in [0.2, 0.25) is 0 Å². The lowest BCUT2D eigenvalue weighted by molar-refractivity contribution is -0.0592. The van der Waals surface area contributed by atoms with Gasteiger partial charge in [0, 0.05) is 18.8 Å². The fourth-order valence-corrected chi connectivity index (χ4v) is 3.06. The van der Waals surface area contributed by atoms with Crippen molar-refractivity contribution in [1.82, 2.24) is 14.7 Å². The number of morpholine rings is 1. The Kier molecular flexibility index (Phi) is 4.26. The molecule has 2 atom stereocenters. The molecule has 2 aromatic rings. The van der Waals surface area contributed by atoms with Crippen molar-refractivity contribution in [3.63, 3.8) is 0 Å². The molecule has 0 aliphatic carbocycles. The topological polar surface area (TPSA) is 60.5 Å². The van der Waals surface area contributed by atoms with E-state index in [9.17, 15) is 4.79 Å². The van der Waals surface area contributed by atoms with Crippen LogP contribution in [0.5, 0.6) is 0 Å². The summed E-state index contributed by atoms with van der Waals surface area (Å²) in [6.45, 7) is 9.64. The quantitative estimate of drug-likeness (QED) is 0.872. The first-order valence-corrected chi connectivity index (χ1v) is 7.97. The average Bonchev–Trinajstić information content (AvgIpc) is 3.04. The molecule has 1 aliphatic rings. The molecule has 3 rings (SSSR count). The molecule has 23 heavy (non-hydrogen) atoms. The van der Waals surface area contributed by atoms with Gasteiger partial charge in [-0.25, -0.2) is 0 Å². The van der Waals surface area contributed by atoms with Crippen molar-refractivity contribution >= 4 is 5.91 Å². The summed E-state index contributed by atoms with van der Waals surface area (Å²) in [5.41, 5.74) is 2.05. The van der Waals surface area contributed by atoms with E-state index in [1.54, 1.807) is 11.0 Å². The largest absolute Gasteiger partial charge is 0.454 e. The fraction of sp³-hybridized carbons (Fsp3) is 0.529. The van der Waals surface area contributed by atoms with Crippen LogP contribution in [0.1, 0.15) is 41.6 Å². The highest BCUT2D eigenvalue weighted by molar-refractivity contribution is 5.91. The van der Waals surface area contributed by atoms with E-state index in [-0.39, 0.29) is 18.1 Å². The van der Waals surface area contributed by atoms with E-state index < -0.39 is 0 Å². The van der Waals surface area contributed by atoms with Crippen molar-refractivity contribution in [2.45, 2.75) is 46.4 Å². The molecule has 0 unspecified atom stereocenters. The molecular weight excluding hydrogens is 294 g/mol. The minimum absolute atomic E-state index is 0.0480. The molecule has 1 aliphatic heterocycles. The lowest BCUT2D eigenvalue weighted by atomic mass is 10.2. The summed E-state index contributed by atoms with van der Waals surface area (Å²) in [6.07, 6.45) is 0.0960. The molecule has 0 radical (unpaired) electrons. The van der Waals surface area contributed by atoms with Gasteiger partial charge in [0.2, 0.25) is 0 Å². The predicted octanol–water partition coefficient (Wildman–Crippen LogP) is 2.39. The van der Waals surface area contributed by atoms with Gasteiger partial charge in [-0.1, -0.05) is 0 Å². The molecule has 0 saturated carbocycles. The van der Waals surface area contributed by atoms with Crippen LogP contribution in [-0.2, 0) is 11.3 Å². The Morgan fingerprint density at radius 3 is 2.57 bits per heavy atom. The lowest BCUT2D eigenvalue weighted by Gasteiger charge is -2.34. The number of hydrogen-bond donors (Lipinski definition) is 0. The van der Waals surface area contributed by atoms with Gasteiger partial charge >= 0.3 is 0 Å². The summed E-state index contributed by atoms with van der Waals surface area (Å²) < 4.78 is 13.3. The smallest absolute Gasteiger partial charge is 0.289 e. The highest BCUT2D eigenvalue weighted by Crippen LogP contribution is 2.17. The first-order valence-electron chi connectivity index (χ1n) is 7.97. The third-order valence-electron chi connectivity index (χ3n) is 3.99. The number of hydrogen-bond acceptors (Lipinski definition) is 4. The minimum atomic E-state index is -0.0772. The number of aryl methyl sites for hydroxylation is 2. The van der Waals surface area contributed by atoms with Gasteiger partial charge in [-0.15, -0.1) is 0 Å². The molecule has 6 nitrogen and oxygen atoms in total. The Morgan fingerprint density at radius 1 is 1.26 bits per heavy atom. The number of ether oxygens (including phenoxy) is 1. The normalized spacial score (nSPS) is 21.7. The van der Waals surface area contributed by atoms with Crippen LogP contribution >= 0.6 is 0 Å². The second-order valence-electron chi connectivity index (χ2n) is 6.32. The number of aromatic nitrogens is 2. The molecule has 6 heteroatoms. The zero-order valence-corrected chi connectivity index (χ0v) is 14.1. The number of furan rings is 1. The monoisotopic (exact) mass is 317 g/mol. The van der Waals surface area contributed by atoms with Crippen molar-refractivity contribution in [3.8, 4) is 0 Å². The highest BCUT2D eigenvalue weighted by Gasteiger charge is 2.28. The van der Waals surface area contributed by atoms with Crippen molar-refractivity contribution in [2.24, 2.45) is 0 Å². The first-order chi connectivity index (χ1) is 10.9. The highest BCUT2D eigenvalue weighted by atomic mass is 16.5. The van der Waals surface area contributed by atoms with Crippen LogP contribution in [0.3, 0.4) is 0 Å². The molecule has 0 aromatic carbocycles. The molecule has 2 aromatic heterocycles. The molecule has 0 N–H and O–H groups in total. The van der Waals surface area contributed by atoms with Gasteiger partial charge < -0.3 is 14.1 Å². The van der Waals surface area contributed by atoms with Crippen molar-refractivity contribution in [3.05, 3.63) is 41.1 Å². The summed E-state index contributed by atoms with van der Waals surface area (Å²) in [4.78, 5) is 14.4. The first kappa shape index (κ1) is 15.8. The molecule has 1 fully saturated rings. The van der Waals surface area contributed by atoms with Gasteiger partial charge in [0.15, 0.2) is 5.76 Å². The number of carbonyl (C=O) groups is 1.